The lowest BCUT2D eigenvalue weighted by molar-refractivity contribution is -0.114. The highest BCUT2D eigenvalue weighted by atomic mass is 32.1. The molecule has 3 amide bonds. The Morgan fingerprint density at radius 2 is 2.12 bits per heavy atom. The molecule has 0 fully saturated rings. The van der Waals surface area contributed by atoms with Crippen molar-refractivity contribution in [1.82, 2.24) is 20.3 Å². The second-order valence-electron chi connectivity index (χ2n) is 4.60. The normalized spacial score (nSPS) is 11.0. The van der Waals surface area contributed by atoms with E-state index in [0.717, 1.165) is 0 Å². The van der Waals surface area contributed by atoms with Crippen LogP contribution in [0.2, 0.25) is 0 Å². The lowest BCUT2D eigenvalue weighted by atomic mass is 10.0. The summed E-state index contributed by atoms with van der Waals surface area (Å²) in [5.74, 6) is -0.370. The number of hydrogen-bond donors (Lipinski definition) is 3. The first kappa shape index (κ1) is 18.2. The molecule has 2 aromatic rings. The van der Waals surface area contributed by atoms with E-state index < -0.39 is 11.9 Å². The Balaban J connectivity index is 2.42. The number of H-pyrrole nitrogens is 1. The van der Waals surface area contributed by atoms with Gasteiger partial charge in [0.05, 0.1) is 6.61 Å². The summed E-state index contributed by atoms with van der Waals surface area (Å²) < 4.78 is 10.8. The zero-order chi connectivity index (χ0) is 18.2. The van der Waals surface area contributed by atoms with Gasteiger partial charge in [0, 0.05) is 18.2 Å². The van der Waals surface area contributed by atoms with Crippen molar-refractivity contribution in [3.63, 3.8) is 0 Å². The van der Waals surface area contributed by atoms with E-state index in [-0.39, 0.29) is 23.0 Å². The fraction of sp³-hybridized carbons (Fsp3) is 0.133. The van der Waals surface area contributed by atoms with Gasteiger partial charge in [0.15, 0.2) is 0 Å². The third-order valence-electron chi connectivity index (χ3n) is 2.88. The highest BCUT2D eigenvalue weighted by molar-refractivity contribution is 7.71. The van der Waals surface area contributed by atoms with Gasteiger partial charge in [0.1, 0.15) is 12.1 Å². The van der Waals surface area contributed by atoms with Crippen molar-refractivity contribution >= 4 is 29.7 Å². The van der Waals surface area contributed by atoms with Crippen LogP contribution in [0.3, 0.4) is 0 Å². The number of benzene rings is 1. The van der Waals surface area contributed by atoms with Crippen molar-refractivity contribution in [2.45, 2.75) is 0 Å². The second kappa shape index (κ2) is 8.66. The maximum Gasteiger partial charge on any atom is 0.319 e. The number of primary amides is 1. The van der Waals surface area contributed by atoms with Crippen LogP contribution in [0.25, 0.3) is 5.57 Å². The molecule has 0 saturated carbocycles. The standard InChI is InChI=1S/C15H15N5O4S/c1-23-7-6-10(12(21)19-13(16)22)9-4-2-3-5-11(9)24-14-17-8-18-15(25)20-14/h2-6,8H,7H2,1H3,(H3,16,19,21,22)(H,17,18,20,25)/b10-6+. The lowest BCUT2D eigenvalue weighted by Gasteiger charge is -2.12. The Labute approximate surface area is 147 Å². The van der Waals surface area contributed by atoms with Gasteiger partial charge in [-0.1, -0.05) is 18.2 Å². The molecule has 1 aromatic heterocycles. The molecule has 0 aliphatic heterocycles. The minimum absolute atomic E-state index is 0.105. The first-order chi connectivity index (χ1) is 12.0. The van der Waals surface area contributed by atoms with E-state index in [2.05, 4.69) is 15.0 Å². The highest BCUT2D eigenvalue weighted by Gasteiger charge is 2.18. The van der Waals surface area contributed by atoms with Crippen molar-refractivity contribution in [2.75, 3.05) is 13.7 Å². The van der Waals surface area contributed by atoms with Crippen LogP contribution in [0.4, 0.5) is 4.79 Å². The van der Waals surface area contributed by atoms with E-state index in [1.165, 1.54) is 19.5 Å². The molecule has 2 rings (SSSR count). The molecule has 0 bridgehead atoms. The predicted octanol–water partition coefficient (Wildman–Crippen LogP) is 1.55. The van der Waals surface area contributed by atoms with Crippen molar-refractivity contribution < 1.29 is 19.1 Å². The fourth-order valence-corrected chi connectivity index (χ4v) is 2.03. The quantitative estimate of drug-likeness (QED) is 0.525. The molecule has 0 aliphatic rings. The number of amides is 3. The molecule has 4 N–H and O–H groups in total. The Morgan fingerprint density at radius 3 is 2.80 bits per heavy atom. The van der Waals surface area contributed by atoms with Crippen LogP contribution in [0.5, 0.6) is 11.8 Å². The average molecular weight is 361 g/mol. The minimum Gasteiger partial charge on any atom is -0.425 e. The summed E-state index contributed by atoms with van der Waals surface area (Å²) in [4.78, 5) is 33.6. The zero-order valence-corrected chi connectivity index (χ0v) is 14.0. The van der Waals surface area contributed by atoms with Gasteiger partial charge in [-0.3, -0.25) is 15.1 Å². The van der Waals surface area contributed by atoms with E-state index in [9.17, 15) is 9.59 Å². The summed E-state index contributed by atoms with van der Waals surface area (Å²) in [6, 6.07) is 5.84. The molecule has 0 spiro atoms. The summed E-state index contributed by atoms with van der Waals surface area (Å²) in [7, 11) is 1.48. The van der Waals surface area contributed by atoms with Crippen LogP contribution in [0, 0.1) is 4.77 Å². The van der Waals surface area contributed by atoms with Gasteiger partial charge in [-0.25, -0.2) is 9.78 Å². The maximum absolute atomic E-state index is 12.3. The van der Waals surface area contributed by atoms with Crippen molar-refractivity contribution in [3.05, 3.63) is 47.0 Å². The molecule has 0 radical (unpaired) electrons. The SMILES string of the molecule is COC/C=C(/C(=O)NC(N)=O)c1ccccc1Oc1ncnc(=S)[nH]1. The molecular weight excluding hydrogens is 346 g/mol. The van der Waals surface area contributed by atoms with Gasteiger partial charge >= 0.3 is 12.0 Å². The molecule has 1 heterocycles. The number of aromatic nitrogens is 3. The summed E-state index contributed by atoms with van der Waals surface area (Å²) >= 11 is 4.92. The predicted molar refractivity (Wildman–Crippen MR) is 91.3 cm³/mol. The van der Waals surface area contributed by atoms with Crippen LogP contribution >= 0.6 is 12.2 Å². The van der Waals surface area contributed by atoms with Gasteiger partial charge in [-0.15, -0.1) is 0 Å². The number of ether oxygens (including phenoxy) is 2. The fourth-order valence-electron chi connectivity index (χ4n) is 1.89. The van der Waals surface area contributed by atoms with Crippen LogP contribution in [-0.2, 0) is 9.53 Å². The molecule has 1 aromatic carbocycles. The monoisotopic (exact) mass is 361 g/mol. The summed E-state index contributed by atoms with van der Waals surface area (Å²) in [5.41, 5.74) is 5.59. The topological polar surface area (TPSA) is 132 Å². The number of carbonyl (C=O) groups is 2. The zero-order valence-electron chi connectivity index (χ0n) is 13.2. The number of rotatable bonds is 6. The van der Waals surface area contributed by atoms with Crippen molar-refractivity contribution in [1.29, 1.82) is 0 Å². The van der Waals surface area contributed by atoms with E-state index >= 15 is 0 Å². The maximum atomic E-state index is 12.3. The Kier molecular flexibility index (Phi) is 6.32. The van der Waals surface area contributed by atoms with Gasteiger partial charge in [0.25, 0.3) is 5.91 Å². The van der Waals surface area contributed by atoms with Crippen LogP contribution in [-0.4, -0.2) is 40.6 Å². The van der Waals surface area contributed by atoms with Crippen LogP contribution < -0.4 is 15.8 Å². The number of aromatic amines is 1. The molecule has 10 heteroatoms. The summed E-state index contributed by atoms with van der Waals surface area (Å²) in [6.45, 7) is 0.145. The van der Waals surface area contributed by atoms with E-state index in [1.807, 2.05) is 5.32 Å². The average Bonchev–Trinajstić information content (AvgIpc) is 2.56. The van der Waals surface area contributed by atoms with Gasteiger partial charge < -0.3 is 15.2 Å². The molecule has 0 saturated heterocycles. The van der Waals surface area contributed by atoms with Gasteiger partial charge in [0.2, 0.25) is 4.77 Å². The number of para-hydroxylation sites is 1. The Hall–Kier alpha value is -3.11. The number of hydrogen-bond acceptors (Lipinski definition) is 7. The smallest absolute Gasteiger partial charge is 0.319 e. The number of nitrogens with two attached hydrogens (primary N) is 1. The number of urea groups is 1. The molecular formula is C15H15N5O4S. The molecule has 25 heavy (non-hydrogen) atoms. The largest absolute Gasteiger partial charge is 0.425 e. The molecule has 0 atom stereocenters. The van der Waals surface area contributed by atoms with Gasteiger partial charge in [-0.05, 0) is 24.4 Å². The first-order valence-corrected chi connectivity index (χ1v) is 7.40. The summed E-state index contributed by atoms with van der Waals surface area (Å²) in [6.07, 6.45) is 2.75. The molecule has 0 aliphatic carbocycles. The Bertz CT molecular complexity index is 865. The lowest BCUT2D eigenvalue weighted by Crippen LogP contribution is -2.35. The first-order valence-electron chi connectivity index (χ1n) is 6.99. The Morgan fingerprint density at radius 1 is 1.36 bits per heavy atom. The number of nitrogens with one attached hydrogen (secondary N) is 2. The number of nitrogens with zero attached hydrogens (tertiary/aromatic N) is 2. The van der Waals surface area contributed by atoms with E-state index in [1.54, 1.807) is 24.3 Å². The third-order valence-corrected chi connectivity index (χ3v) is 3.09. The highest BCUT2D eigenvalue weighted by Crippen LogP contribution is 2.29. The van der Waals surface area contributed by atoms with Gasteiger partial charge in [-0.2, -0.15) is 4.98 Å². The van der Waals surface area contributed by atoms with Crippen LogP contribution in [0.15, 0.2) is 36.7 Å². The minimum atomic E-state index is -0.966. The second-order valence-corrected chi connectivity index (χ2v) is 4.99. The van der Waals surface area contributed by atoms with Crippen molar-refractivity contribution in [2.24, 2.45) is 5.73 Å². The van der Waals surface area contributed by atoms with E-state index in [0.29, 0.717) is 11.3 Å². The van der Waals surface area contributed by atoms with E-state index in [4.69, 9.17) is 27.4 Å². The molecule has 130 valence electrons. The molecule has 0 unspecified atom stereocenters. The third kappa shape index (κ3) is 5.19. The summed E-state index contributed by atoms with van der Waals surface area (Å²) in [5, 5.41) is 2.02. The number of methoxy groups -OCH3 is 1. The van der Waals surface area contributed by atoms with Crippen molar-refractivity contribution in [3.8, 4) is 11.8 Å². The van der Waals surface area contributed by atoms with Crippen LogP contribution in [0.1, 0.15) is 5.56 Å². The number of carbonyl (C=O) groups excluding carboxylic acids is 2. The number of imide groups is 1. The molecule has 9 nitrogen and oxygen atoms in total.